The molecule has 0 aromatic heterocycles. The largest absolute Gasteiger partial charge is 0.457 e. The molecule has 586 valence electrons. The molecule has 4 nitrogen and oxygen atoms in total. The topological polar surface area (TPSA) is 24.9 Å². The molecule has 0 radical (unpaired) electrons. The Kier molecular flexibility index (Phi) is 22.2. The quantitative estimate of drug-likeness (QED) is 0.0360. The second kappa shape index (κ2) is 33.7. The maximum Gasteiger partial charge on any atom is 0.130 e. The van der Waals surface area contributed by atoms with Crippen LogP contribution in [-0.2, 0) is 23.7 Å². The molecule has 4 atom stereocenters. The first-order chi connectivity index (χ1) is 57.7. The van der Waals surface area contributed by atoms with Crippen molar-refractivity contribution in [1.29, 1.82) is 0 Å². The lowest BCUT2D eigenvalue weighted by atomic mass is 9.62. The van der Waals surface area contributed by atoms with Gasteiger partial charge in [0.05, 0.1) is 16.9 Å². The molecule has 0 spiro atoms. The number of fused-ring (bicyclic) bond motifs is 6. The molecule has 13 aromatic carbocycles. The maximum absolute atomic E-state index is 17.3. The maximum atomic E-state index is 17.3. The van der Waals surface area contributed by atoms with Crippen LogP contribution in [0.15, 0.2) is 334 Å². The Bertz CT molecular complexity index is 6030. The highest BCUT2D eigenvalue weighted by molar-refractivity contribution is 5.91. The Hall–Kier alpha value is -12.9. The Labute approximate surface area is 688 Å². The molecule has 0 N–H and O–H groups in total. The number of anilines is 4. The van der Waals surface area contributed by atoms with E-state index in [1.54, 1.807) is 36.4 Å². The Morgan fingerprint density at radius 1 is 0.407 bits per heavy atom. The number of nitrogens with zero attached hydrogens (tertiary/aromatic N) is 2. The molecule has 10 heteroatoms. The van der Waals surface area contributed by atoms with Gasteiger partial charge in [-0.1, -0.05) is 242 Å². The van der Waals surface area contributed by atoms with Gasteiger partial charge < -0.3 is 19.3 Å². The minimum absolute atomic E-state index is 0.221. The van der Waals surface area contributed by atoms with Gasteiger partial charge in [-0.2, -0.15) is 0 Å². The van der Waals surface area contributed by atoms with Crippen LogP contribution in [0.2, 0.25) is 0 Å². The number of ether oxygens (including phenoxy) is 2. The summed E-state index contributed by atoms with van der Waals surface area (Å²) >= 11 is 0. The zero-order valence-corrected chi connectivity index (χ0v) is 66.2. The number of unbranched alkanes of at least 4 members (excludes halogenated alkanes) is 6. The zero-order chi connectivity index (χ0) is 81.0. The van der Waals surface area contributed by atoms with Crippen LogP contribution >= 0.6 is 0 Å². The molecular formula is C108H90F6N2O2. The van der Waals surface area contributed by atoms with E-state index >= 15 is 26.3 Å². The molecule has 0 fully saturated rings. The fourth-order valence-electron chi connectivity index (χ4n) is 18.7. The van der Waals surface area contributed by atoms with Gasteiger partial charge in [-0.15, -0.1) is 0 Å². The van der Waals surface area contributed by atoms with Crippen molar-refractivity contribution >= 4 is 46.0 Å². The van der Waals surface area contributed by atoms with E-state index in [2.05, 4.69) is 140 Å². The van der Waals surface area contributed by atoms with Gasteiger partial charge in [-0.25, -0.2) is 26.3 Å². The van der Waals surface area contributed by atoms with Gasteiger partial charge in [0.25, 0.3) is 0 Å². The third-order valence-corrected chi connectivity index (χ3v) is 24.3. The second-order valence-electron chi connectivity index (χ2n) is 31.3. The lowest BCUT2D eigenvalue weighted by Gasteiger charge is -2.43. The SMILES string of the molecule is C=Cc1ccc(Oc2ccc(C3(c4ccc(F)cc4F)c4ccccc4-c4ccc(N(c5ccc(F)cc5)c5ccc(-c6cc(CCCCCC)c(C7=CCC(N(C8=CC=C9c%10ccccc%10C(c%10ccc(Oc%11ccc(C=C)cc%11)cc%10)(c%10ccc(F)cc%10F)C9C8)c8ccc(F)cc8)C=C7)cc6CCCCCC)cc5)cc43)cc2)cc1. The van der Waals surface area contributed by atoms with E-state index in [1.165, 1.54) is 53.1 Å². The lowest BCUT2D eigenvalue weighted by Crippen LogP contribution is -2.40. The van der Waals surface area contributed by atoms with Crippen LogP contribution in [-0.4, -0.2) is 6.04 Å². The van der Waals surface area contributed by atoms with Gasteiger partial charge in [0.2, 0.25) is 0 Å². The molecule has 13 aromatic rings. The van der Waals surface area contributed by atoms with E-state index in [9.17, 15) is 0 Å². The van der Waals surface area contributed by atoms with E-state index in [0.717, 1.165) is 177 Å². The van der Waals surface area contributed by atoms with E-state index in [1.807, 2.05) is 140 Å². The average Bonchev–Trinajstić information content (AvgIpc) is 1.53. The first-order valence-electron chi connectivity index (χ1n) is 41.2. The molecule has 0 amide bonds. The summed E-state index contributed by atoms with van der Waals surface area (Å²) < 4.78 is 108. The number of benzene rings is 13. The van der Waals surface area contributed by atoms with Crippen molar-refractivity contribution in [2.75, 3.05) is 9.80 Å². The van der Waals surface area contributed by atoms with Gasteiger partial charge in [0, 0.05) is 57.6 Å². The Morgan fingerprint density at radius 3 is 1.46 bits per heavy atom. The highest BCUT2D eigenvalue weighted by Gasteiger charge is 2.55. The van der Waals surface area contributed by atoms with Crippen molar-refractivity contribution in [2.24, 2.45) is 5.92 Å². The predicted molar refractivity (Wildman–Crippen MR) is 470 cm³/mol. The number of aryl methyl sites for hydroxylation is 2. The standard InChI is InChI=1S/C108H90F6N2O2/c1-5-9-11-13-19-75-65-98(74-31-45-84(46-32-74)116(86-49-39-80(110)40-50-86)88-52-62-96-94-22-16-18-24-100(94)108(104(96)70-88,102-64-42-82(112)68-106(102)114)78-35-59-92(60-36-78)118-90-55-27-72(8-4)28-56-90)76(20-14-12-10-6-2)66-97(75)73-29-43-83(44-30-73)115(85-47-37-79(109)38-48-85)87-51-61-95-93-21-15-17-23-99(93)107(103(95)69-87,101-63-41-81(111)67-105(101)113)77-33-57-91(58-34-77)117-89-53-25-71(7-3)26-54-89/h7-8,15-18,21-45,47-69,84,104H,3-6,9-14,19-20,46,70H2,1-2H3. The van der Waals surface area contributed by atoms with Gasteiger partial charge in [0.15, 0.2) is 0 Å². The molecule has 0 heterocycles. The fourth-order valence-corrected chi connectivity index (χ4v) is 18.7. The summed E-state index contributed by atoms with van der Waals surface area (Å²) in [6.45, 7) is 12.3. The van der Waals surface area contributed by atoms with Crippen molar-refractivity contribution in [3.05, 3.63) is 442 Å². The van der Waals surface area contributed by atoms with Crippen LogP contribution in [0.5, 0.6) is 23.0 Å². The Balaban J connectivity index is 0.727. The van der Waals surface area contributed by atoms with Gasteiger partial charge >= 0.3 is 0 Å². The summed E-state index contributed by atoms with van der Waals surface area (Å²) in [6, 6.07) is 87.7. The van der Waals surface area contributed by atoms with E-state index in [0.29, 0.717) is 47.1 Å². The molecule has 4 aliphatic rings. The molecule has 4 unspecified atom stereocenters. The predicted octanol–water partition coefficient (Wildman–Crippen LogP) is 29.7. The monoisotopic (exact) mass is 1560 g/mol. The van der Waals surface area contributed by atoms with Gasteiger partial charge in [-0.3, -0.25) is 0 Å². The van der Waals surface area contributed by atoms with Gasteiger partial charge in [0.1, 0.15) is 57.9 Å². The van der Waals surface area contributed by atoms with E-state index < -0.39 is 34.1 Å². The number of allylic oxidation sites excluding steroid dienone is 6. The first kappa shape index (κ1) is 77.6. The molecule has 118 heavy (non-hydrogen) atoms. The van der Waals surface area contributed by atoms with Crippen LogP contribution in [0.1, 0.15) is 150 Å². The normalized spacial score (nSPS) is 16.8. The van der Waals surface area contributed by atoms with Crippen molar-refractivity contribution in [3.8, 4) is 45.3 Å². The fraction of sp³-hybridized carbons (Fsp3) is 0.167. The average molecular weight is 1560 g/mol. The minimum Gasteiger partial charge on any atom is -0.457 e. The van der Waals surface area contributed by atoms with Gasteiger partial charge in [-0.05, 0) is 273 Å². The van der Waals surface area contributed by atoms with E-state index in [-0.39, 0.29) is 29.2 Å². The van der Waals surface area contributed by atoms with Crippen LogP contribution in [0.25, 0.3) is 45.6 Å². The number of hydrogen-bond acceptors (Lipinski definition) is 4. The van der Waals surface area contributed by atoms with Crippen LogP contribution in [0.3, 0.4) is 0 Å². The summed E-state index contributed by atoms with van der Waals surface area (Å²) in [7, 11) is 0. The molecule has 0 saturated carbocycles. The third-order valence-electron chi connectivity index (χ3n) is 24.3. The molecular weight excluding hydrogens is 1470 g/mol. The molecule has 4 aliphatic carbocycles. The Morgan fingerprint density at radius 2 is 0.898 bits per heavy atom. The summed E-state index contributed by atoms with van der Waals surface area (Å²) in [5, 5.41) is 0. The number of halogens is 6. The summed E-state index contributed by atoms with van der Waals surface area (Å²) in [4.78, 5) is 4.44. The van der Waals surface area contributed by atoms with Crippen LogP contribution in [0.4, 0.5) is 49.1 Å². The highest BCUT2D eigenvalue weighted by Crippen LogP contribution is 2.62. The molecule has 0 aliphatic heterocycles. The van der Waals surface area contributed by atoms with Crippen molar-refractivity contribution in [2.45, 2.75) is 108 Å². The van der Waals surface area contributed by atoms with E-state index in [4.69, 9.17) is 9.47 Å². The highest BCUT2D eigenvalue weighted by atomic mass is 19.2. The van der Waals surface area contributed by atoms with Crippen LogP contribution in [0, 0.1) is 40.8 Å². The number of rotatable bonds is 28. The van der Waals surface area contributed by atoms with Crippen molar-refractivity contribution in [1.82, 2.24) is 0 Å². The summed E-state index contributed by atoms with van der Waals surface area (Å²) in [5.74, 6) is -1.31. The van der Waals surface area contributed by atoms with Crippen LogP contribution < -0.4 is 19.3 Å². The first-order valence-corrected chi connectivity index (χ1v) is 41.2. The smallest absolute Gasteiger partial charge is 0.130 e. The lowest BCUT2D eigenvalue weighted by molar-refractivity contribution is 0.440. The zero-order valence-electron chi connectivity index (χ0n) is 66.2. The molecule has 0 bridgehead atoms. The van der Waals surface area contributed by atoms with Crippen molar-refractivity contribution < 1.29 is 35.8 Å². The summed E-state index contributed by atoms with van der Waals surface area (Å²) in [5.41, 5.74) is 19.2. The molecule has 0 saturated heterocycles. The third kappa shape index (κ3) is 14.8. The number of hydrogen-bond donors (Lipinski definition) is 0. The minimum atomic E-state index is -1.29. The second-order valence-corrected chi connectivity index (χ2v) is 31.3. The van der Waals surface area contributed by atoms with Crippen molar-refractivity contribution in [3.63, 3.8) is 0 Å². The summed E-state index contributed by atoms with van der Waals surface area (Å²) in [6.07, 6.45) is 26.2. The molecule has 17 rings (SSSR count).